The molecule has 6 rings (SSSR count). The van der Waals surface area contributed by atoms with Crippen molar-refractivity contribution in [2.24, 2.45) is 11.8 Å². The Balaban J connectivity index is 1.33. The van der Waals surface area contributed by atoms with Crippen LogP contribution in [0.3, 0.4) is 0 Å². The highest BCUT2D eigenvalue weighted by Gasteiger charge is 2.57. The zero-order valence-electron chi connectivity index (χ0n) is 28.2. The smallest absolute Gasteiger partial charge is 0.416 e. The number of hydrogen-bond donors (Lipinski definition) is 1. The number of alkyl halides is 4. The first-order valence-electron chi connectivity index (χ1n) is 17.2. The first-order valence-corrected chi connectivity index (χ1v) is 17.2. The second-order valence-electron chi connectivity index (χ2n) is 14.2. The zero-order chi connectivity index (χ0) is 35.1. The summed E-state index contributed by atoms with van der Waals surface area (Å²) in [5.74, 6) is -1.56. The average Bonchev–Trinajstić information content (AvgIpc) is 3.69. The van der Waals surface area contributed by atoms with Gasteiger partial charge in [-0.1, -0.05) is 50.6 Å². The molecule has 3 fully saturated rings. The molecule has 1 saturated carbocycles. The molecule has 0 bridgehead atoms. The predicted octanol–water partition coefficient (Wildman–Crippen LogP) is 8.42. The lowest BCUT2D eigenvalue weighted by atomic mass is 9.82. The number of amides is 1. The van der Waals surface area contributed by atoms with Crippen molar-refractivity contribution in [1.82, 2.24) is 9.80 Å². The van der Waals surface area contributed by atoms with Crippen LogP contribution in [0, 0.1) is 11.8 Å². The van der Waals surface area contributed by atoms with Crippen molar-refractivity contribution in [2.45, 2.75) is 75.7 Å². The van der Waals surface area contributed by atoms with Gasteiger partial charge in [0.2, 0.25) is 5.67 Å². The Morgan fingerprint density at radius 2 is 1.61 bits per heavy atom. The van der Waals surface area contributed by atoms with E-state index in [9.17, 15) is 27.9 Å². The Bertz CT molecular complexity index is 1650. The number of carboxylic acid groups (broad SMARTS) is 1. The fraction of sp³-hybridized carbons (Fsp3) is 0.487. The molecule has 0 radical (unpaired) electrons. The van der Waals surface area contributed by atoms with Crippen LogP contribution in [0.4, 0.5) is 17.6 Å². The van der Waals surface area contributed by atoms with Gasteiger partial charge in [0.15, 0.2) is 0 Å². The van der Waals surface area contributed by atoms with E-state index in [2.05, 4.69) is 11.8 Å². The van der Waals surface area contributed by atoms with Gasteiger partial charge in [-0.25, -0.2) is 9.18 Å². The highest BCUT2D eigenvalue weighted by molar-refractivity contribution is 5.89. The molecule has 1 amide bonds. The van der Waals surface area contributed by atoms with Crippen LogP contribution < -0.4 is 4.74 Å². The number of carbonyl (C=O) groups is 2. The summed E-state index contributed by atoms with van der Waals surface area (Å²) in [4.78, 5) is 29.8. The molecule has 10 heteroatoms. The molecule has 0 spiro atoms. The third-order valence-corrected chi connectivity index (χ3v) is 11.3. The van der Waals surface area contributed by atoms with Crippen LogP contribution in [0.5, 0.6) is 5.75 Å². The number of benzene rings is 3. The number of likely N-dealkylation sites (tertiary alicyclic amines) is 2. The van der Waals surface area contributed by atoms with Gasteiger partial charge in [0, 0.05) is 44.1 Å². The van der Waals surface area contributed by atoms with Crippen LogP contribution in [0.15, 0.2) is 66.7 Å². The van der Waals surface area contributed by atoms with E-state index in [4.69, 9.17) is 4.74 Å². The predicted molar refractivity (Wildman–Crippen MR) is 180 cm³/mol. The molecule has 2 heterocycles. The summed E-state index contributed by atoms with van der Waals surface area (Å²) >= 11 is 0. The summed E-state index contributed by atoms with van der Waals surface area (Å²) in [6.07, 6.45) is 0.131. The van der Waals surface area contributed by atoms with E-state index in [1.165, 1.54) is 30.3 Å². The zero-order valence-corrected chi connectivity index (χ0v) is 28.2. The fourth-order valence-electron chi connectivity index (χ4n) is 8.32. The molecule has 3 aromatic carbocycles. The van der Waals surface area contributed by atoms with E-state index in [0.717, 1.165) is 43.4 Å². The number of nitrogens with zero attached hydrogens (tertiary/aromatic N) is 2. The van der Waals surface area contributed by atoms with Gasteiger partial charge in [0.25, 0.3) is 5.91 Å². The third kappa shape index (κ3) is 6.94. The molecular formula is C39H44F4N2O4. The summed E-state index contributed by atoms with van der Waals surface area (Å²) in [7, 11) is 1.57. The standard InChI is InChI=1S/C39H44F4N2O4/c1-4-25-20-44(21-34(25)32-18-13-29(39(41,42)43)19-33(32)26-7-9-28(10-8-26)36(46)47)37(48)38(40)23-45(30-14-5-24(2)6-15-30)22-35(38)27-11-16-31(49-3)17-12-27/h7-13,16-19,24-25,30,34-35H,4-6,14-15,20-23H2,1-3H3,(H,46,47)/t24?,25-,30?,34-,35-,38-/m0/s1. The molecule has 4 atom stereocenters. The molecule has 0 unspecified atom stereocenters. The van der Waals surface area contributed by atoms with Crippen LogP contribution in [-0.2, 0) is 11.0 Å². The molecule has 262 valence electrons. The van der Waals surface area contributed by atoms with Gasteiger partial charge in [-0.05, 0) is 96.2 Å². The van der Waals surface area contributed by atoms with Gasteiger partial charge in [-0.3, -0.25) is 9.69 Å². The summed E-state index contributed by atoms with van der Waals surface area (Å²) in [5.41, 5.74) is -0.839. The lowest BCUT2D eigenvalue weighted by molar-refractivity contribution is -0.143. The van der Waals surface area contributed by atoms with Crippen molar-refractivity contribution in [3.63, 3.8) is 0 Å². The number of rotatable bonds is 8. The van der Waals surface area contributed by atoms with Crippen LogP contribution >= 0.6 is 0 Å². The summed E-state index contributed by atoms with van der Waals surface area (Å²) in [6.45, 7) is 5.11. The molecule has 3 aliphatic rings. The number of aromatic carboxylic acids is 1. The number of halogens is 4. The fourth-order valence-corrected chi connectivity index (χ4v) is 8.32. The Morgan fingerprint density at radius 3 is 2.20 bits per heavy atom. The first-order chi connectivity index (χ1) is 23.3. The Labute approximate surface area is 285 Å². The lowest BCUT2D eigenvalue weighted by Gasteiger charge is -2.34. The van der Waals surface area contributed by atoms with E-state index >= 15 is 4.39 Å². The van der Waals surface area contributed by atoms with Crippen molar-refractivity contribution in [3.05, 3.63) is 89.0 Å². The number of carboxylic acids is 1. The maximum absolute atomic E-state index is 17.7. The monoisotopic (exact) mass is 680 g/mol. The second-order valence-corrected chi connectivity index (χ2v) is 14.2. The van der Waals surface area contributed by atoms with E-state index in [1.54, 1.807) is 24.1 Å². The number of ether oxygens (including phenoxy) is 1. The molecular weight excluding hydrogens is 636 g/mol. The van der Waals surface area contributed by atoms with Crippen molar-refractivity contribution >= 4 is 11.9 Å². The van der Waals surface area contributed by atoms with Crippen LogP contribution in [0.25, 0.3) is 11.1 Å². The first kappa shape index (κ1) is 34.9. The lowest BCUT2D eigenvalue weighted by Crippen LogP contribution is -2.50. The molecule has 1 aliphatic carbocycles. The minimum atomic E-state index is -4.59. The maximum atomic E-state index is 17.7. The Morgan fingerprint density at radius 1 is 0.939 bits per heavy atom. The highest BCUT2D eigenvalue weighted by atomic mass is 19.4. The molecule has 6 nitrogen and oxygen atoms in total. The van der Waals surface area contributed by atoms with Gasteiger partial charge >= 0.3 is 12.1 Å². The largest absolute Gasteiger partial charge is 0.497 e. The Hall–Kier alpha value is -3.92. The second kappa shape index (κ2) is 13.8. The van der Waals surface area contributed by atoms with Crippen molar-refractivity contribution < 1.29 is 37.0 Å². The Kier molecular flexibility index (Phi) is 9.81. The van der Waals surface area contributed by atoms with E-state index in [1.807, 2.05) is 19.1 Å². The quantitative estimate of drug-likeness (QED) is 0.242. The molecule has 49 heavy (non-hydrogen) atoms. The van der Waals surface area contributed by atoms with E-state index in [0.29, 0.717) is 47.9 Å². The molecule has 2 aliphatic heterocycles. The number of hydrogen-bond acceptors (Lipinski definition) is 4. The third-order valence-electron chi connectivity index (χ3n) is 11.3. The van der Waals surface area contributed by atoms with Gasteiger partial charge in [-0.15, -0.1) is 0 Å². The maximum Gasteiger partial charge on any atom is 0.416 e. The van der Waals surface area contributed by atoms with E-state index < -0.39 is 35.2 Å². The van der Waals surface area contributed by atoms with Crippen molar-refractivity contribution in [3.8, 4) is 16.9 Å². The van der Waals surface area contributed by atoms with Crippen molar-refractivity contribution in [1.29, 1.82) is 0 Å². The molecule has 3 aromatic rings. The highest BCUT2D eigenvalue weighted by Crippen LogP contribution is 2.47. The minimum absolute atomic E-state index is 0.000983. The van der Waals surface area contributed by atoms with Gasteiger partial charge < -0.3 is 14.7 Å². The van der Waals surface area contributed by atoms with Gasteiger partial charge in [-0.2, -0.15) is 13.2 Å². The SMILES string of the molecule is CC[C@H]1CN(C(=O)[C@]2(F)CN(C3CCC(C)CC3)C[C@H]2c2ccc(OC)cc2)C[C@@H]1c1ccc(C(F)(F)F)cc1-c1ccc(C(=O)O)cc1. The topological polar surface area (TPSA) is 70.1 Å². The van der Waals surface area contributed by atoms with Crippen LogP contribution in [0.1, 0.15) is 84.8 Å². The number of methoxy groups -OCH3 is 1. The molecule has 1 N–H and O–H groups in total. The van der Waals surface area contributed by atoms with E-state index in [-0.39, 0.29) is 36.5 Å². The van der Waals surface area contributed by atoms with Crippen molar-refractivity contribution in [2.75, 3.05) is 33.3 Å². The van der Waals surface area contributed by atoms with Gasteiger partial charge in [0.1, 0.15) is 5.75 Å². The minimum Gasteiger partial charge on any atom is -0.497 e. The molecule has 0 aromatic heterocycles. The molecule has 2 saturated heterocycles. The normalized spacial score (nSPS) is 27.7. The van der Waals surface area contributed by atoms with Gasteiger partial charge in [0.05, 0.1) is 18.2 Å². The number of carbonyl (C=O) groups excluding carboxylic acids is 1. The summed E-state index contributed by atoms with van der Waals surface area (Å²) in [6, 6.07) is 16.8. The summed E-state index contributed by atoms with van der Waals surface area (Å²) in [5, 5.41) is 9.37. The van der Waals surface area contributed by atoms with Crippen LogP contribution in [-0.4, -0.2) is 71.8 Å². The summed E-state index contributed by atoms with van der Waals surface area (Å²) < 4.78 is 64.8. The average molecular weight is 681 g/mol. The van der Waals surface area contributed by atoms with Crippen LogP contribution in [0.2, 0.25) is 0 Å².